The van der Waals surface area contributed by atoms with E-state index in [1.54, 1.807) is 37.3 Å². The minimum atomic E-state index is -0.273. The lowest BCUT2D eigenvalue weighted by molar-refractivity contribution is 0.0957. The fourth-order valence-electron chi connectivity index (χ4n) is 3.68. The first kappa shape index (κ1) is 28.3. The molecule has 190 valence electrons. The van der Waals surface area contributed by atoms with Crippen LogP contribution in [0.3, 0.4) is 0 Å². The molecule has 0 aliphatic carbocycles. The molecule has 0 spiro atoms. The molecule has 3 N–H and O–H groups in total. The second kappa shape index (κ2) is 15.9. The molecule has 0 aliphatic rings. The summed E-state index contributed by atoms with van der Waals surface area (Å²) in [5, 5.41) is 9.03. The molecule has 2 aromatic carbocycles. The Balaban J connectivity index is 1.85. The van der Waals surface area contributed by atoms with Crippen LogP contribution in [0.25, 0.3) is 0 Å². The average Bonchev–Trinajstić information content (AvgIpc) is 2.86. The molecule has 2 amide bonds. The number of unbranched alkanes of at least 4 members (excludes halogenated alkanes) is 7. The fraction of sp³-hybridized carbons (Fsp3) is 0.464. The van der Waals surface area contributed by atoms with Crippen LogP contribution in [0.2, 0.25) is 0 Å². The number of hydrogen-bond acceptors (Lipinski definition) is 5. The molecule has 0 radical (unpaired) electrons. The van der Waals surface area contributed by atoms with Crippen LogP contribution in [0.5, 0.6) is 5.75 Å². The molecule has 0 saturated heterocycles. The highest BCUT2D eigenvalue weighted by Gasteiger charge is 2.14. The van der Waals surface area contributed by atoms with Crippen LogP contribution in [0.15, 0.2) is 42.5 Å². The lowest BCUT2D eigenvalue weighted by atomic mass is 10.1. The highest BCUT2D eigenvalue weighted by atomic mass is 32.1. The van der Waals surface area contributed by atoms with Crippen LogP contribution < -0.4 is 20.7 Å². The quantitative estimate of drug-likeness (QED) is 0.179. The van der Waals surface area contributed by atoms with E-state index in [4.69, 9.17) is 17.0 Å². The SMILES string of the molecule is CCCCCCCCCCNc1ccc(C(=O)Nc2cc(C(=O)NCC(C)=S)ccc2OC)cc1. The van der Waals surface area contributed by atoms with E-state index in [9.17, 15) is 9.59 Å². The van der Waals surface area contributed by atoms with Crippen molar-refractivity contribution >= 4 is 40.3 Å². The summed E-state index contributed by atoms with van der Waals surface area (Å²) in [5.41, 5.74) is 2.37. The number of nitrogens with one attached hydrogen (secondary N) is 3. The number of rotatable bonds is 16. The highest BCUT2D eigenvalue weighted by Crippen LogP contribution is 2.26. The lowest BCUT2D eigenvalue weighted by Crippen LogP contribution is -2.27. The molecule has 2 rings (SSSR count). The van der Waals surface area contributed by atoms with E-state index in [1.165, 1.54) is 52.1 Å². The third kappa shape index (κ3) is 10.5. The zero-order valence-corrected chi connectivity index (χ0v) is 22.1. The number of thiocarbonyl (C=S) groups is 1. The summed E-state index contributed by atoms with van der Waals surface area (Å²) in [6.45, 7) is 5.26. The standard InChI is InChI=1S/C28H39N3O3S/c1-4-5-6-7-8-9-10-11-18-29-24-15-12-22(13-16-24)28(33)31-25-19-23(14-17-26(25)34-3)27(32)30-20-21(2)35/h12-17,19,29H,4-11,18,20H2,1-3H3,(H,30,32)(H,31,33). The molecule has 0 aliphatic heterocycles. The summed E-state index contributed by atoms with van der Waals surface area (Å²) in [6.07, 6.45) is 10.4. The number of carbonyl (C=O) groups excluding carboxylic acids is 2. The van der Waals surface area contributed by atoms with Crippen molar-refractivity contribution < 1.29 is 14.3 Å². The zero-order chi connectivity index (χ0) is 25.5. The summed E-state index contributed by atoms with van der Waals surface area (Å²) < 4.78 is 5.35. The van der Waals surface area contributed by atoms with Gasteiger partial charge in [-0.15, -0.1) is 0 Å². The molecule has 0 atom stereocenters. The Morgan fingerprint density at radius 2 is 1.49 bits per heavy atom. The topological polar surface area (TPSA) is 79.5 Å². The van der Waals surface area contributed by atoms with E-state index in [-0.39, 0.29) is 11.8 Å². The van der Waals surface area contributed by atoms with E-state index in [2.05, 4.69) is 22.9 Å². The molecule has 6 nitrogen and oxygen atoms in total. The van der Waals surface area contributed by atoms with Crippen LogP contribution in [-0.2, 0) is 0 Å². The Morgan fingerprint density at radius 1 is 0.857 bits per heavy atom. The van der Waals surface area contributed by atoms with Crippen LogP contribution in [0, 0.1) is 0 Å². The monoisotopic (exact) mass is 497 g/mol. The zero-order valence-electron chi connectivity index (χ0n) is 21.2. The Labute approximate surface area is 215 Å². The third-order valence-electron chi connectivity index (χ3n) is 5.71. The molecule has 0 fully saturated rings. The van der Waals surface area contributed by atoms with Gasteiger partial charge in [-0.1, -0.05) is 64.1 Å². The number of carbonyl (C=O) groups is 2. The maximum atomic E-state index is 12.8. The van der Waals surface area contributed by atoms with Crippen molar-refractivity contribution in [3.05, 3.63) is 53.6 Å². The third-order valence-corrected chi connectivity index (χ3v) is 5.86. The van der Waals surface area contributed by atoms with Gasteiger partial charge < -0.3 is 20.7 Å². The molecular weight excluding hydrogens is 458 g/mol. The number of methoxy groups -OCH3 is 1. The van der Waals surface area contributed by atoms with Gasteiger partial charge in [0.15, 0.2) is 0 Å². The first-order valence-electron chi connectivity index (χ1n) is 12.6. The summed E-state index contributed by atoms with van der Waals surface area (Å²) >= 11 is 5.01. The number of hydrogen-bond donors (Lipinski definition) is 3. The molecule has 0 heterocycles. The molecule has 35 heavy (non-hydrogen) atoms. The fourth-order valence-corrected chi connectivity index (χ4v) is 3.75. The van der Waals surface area contributed by atoms with Crippen molar-refractivity contribution in [3.8, 4) is 5.75 Å². The van der Waals surface area contributed by atoms with Gasteiger partial charge in [-0.25, -0.2) is 0 Å². The van der Waals surface area contributed by atoms with Crippen molar-refractivity contribution in [3.63, 3.8) is 0 Å². The first-order chi connectivity index (χ1) is 16.9. The molecule has 0 unspecified atom stereocenters. The van der Waals surface area contributed by atoms with Gasteiger partial charge in [0.1, 0.15) is 5.75 Å². The lowest BCUT2D eigenvalue weighted by Gasteiger charge is -2.13. The molecule has 0 aromatic heterocycles. The second-order valence-electron chi connectivity index (χ2n) is 8.73. The number of ether oxygens (including phenoxy) is 1. The van der Waals surface area contributed by atoms with Crippen molar-refractivity contribution in [2.24, 2.45) is 0 Å². The van der Waals surface area contributed by atoms with Gasteiger partial charge in [0, 0.05) is 34.8 Å². The Morgan fingerprint density at radius 3 is 2.11 bits per heavy atom. The van der Waals surface area contributed by atoms with Crippen molar-refractivity contribution in [1.29, 1.82) is 0 Å². The van der Waals surface area contributed by atoms with Crippen LogP contribution in [0.4, 0.5) is 11.4 Å². The van der Waals surface area contributed by atoms with Gasteiger partial charge in [0.2, 0.25) is 0 Å². The first-order valence-corrected chi connectivity index (χ1v) is 13.0. The van der Waals surface area contributed by atoms with E-state index >= 15 is 0 Å². The molecule has 0 bridgehead atoms. The molecule has 7 heteroatoms. The maximum Gasteiger partial charge on any atom is 0.255 e. The van der Waals surface area contributed by atoms with Crippen LogP contribution >= 0.6 is 12.2 Å². The Kier molecular flexibility index (Phi) is 12.8. The van der Waals surface area contributed by atoms with E-state index in [1.807, 2.05) is 12.1 Å². The van der Waals surface area contributed by atoms with Crippen LogP contribution in [-0.4, -0.2) is 36.9 Å². The van der Waals surface area contributed by atoms with E-state index in [0.29, 0.717) is 34.0 Å². The molecular formula is C28H39N3O3S. The van der Waals surface area contributed by atoms with Gasteiger partial charge in [-0.3, -0.25) is 9.59 Å². The summed E-state index contributed by atoms with van der Waals surface area (Å²) in [6, 6.07) is 12.3. The minimum Gasteiger partial charge on any atom is -0.495 e. The molecule has 2 aromatic rings. The number of benzene rings is 2. The van der Waals surface area contributed by atoms with Gasteiger partial charge in [0.25, 0.3) is 11.8 Å². The molecule has 0 saturated carbocycles. The van der Waals surface area contributed by atoms with Crippen LogP contribution in [0.1, 0.15) is 85.9 Å². The summed E-state index contributed by atoms with van der Waals surface area (Å²) in [4.78, 5) is 25.9. The summed E-state index contributed by atoms with van der Waals surface area (Å²) in [5.74, 6) is -0.0611. The smallest absolute Gasteiger partial charge is 0.255 e. The highest BCUT2D eigenvalue weighted by molar-refractivity contribution is 7.80. The largest absolute Gasteiger partial charge is 0.495 e. The normalized spacial score (nSPS) is 10.5. The van der Waals surface area contributed by atoms with Gasteiger partial charge >= 0.3 is 0 Å². The van der Waals surface area contributed by atoms with E-state index < -0.39 is 0 Å². The van der Waals surface area contributed by atoms with Gasteiger partial charge in [-0.2, -0.15) is 0 Å². The number of anilines is 2. The van der Waals surface area contributed by atoms with Gasteiger partial charge in [-0.05, 0) is 55.8 Å². The second-order valence-corrected chi connectivity index (χ2v) is 9.43. The van der Waals surface area contributed by atoms with Crippen molar-refractivity contribution in [2.45, 2.75) is 65.2 Å². The average molecular weight is 498 g/mol. The predicted molar refractivity (Wildman–Crippen MR) is 149 cm³/mol. The Bertz CT molecular complexity index is 960. The maximum absolute atomic E-state index is 12.8. The van der Waals surface area contributed by atoms with Crippen molar-refractivity contribution in [2.75, 3.05) is 30.8 Å². The van der Waals surface area contributed by atoms with Gasteiger partial charge in [0.05, 0.1) is 12.8 Å². The predicted octanol–water partition coefficient (Wildman–Crippen LogP) is 6.62. The number of amides is 2. The van der Waals surface area contributed by atoms with Crippen molar-refractivity contribution in [1.82, 2.24) is 5.32 Å². The Hall–Kier alpha value is -2.93. The summed E-state index contributed by atoms with van der Waals surface area (Å²) in [7, 11) is 1.52. The minimum absolute atomic E-state index is 0.265. The van der Waals surface area contributed by atoms with E-state index in [0.717, 1.165) is 18.7 Å².